The van der Waals surface area contributed by atoms with Crippen molar-refractivity contribution in [3.63, 3.8) is 0 Å². The summed E-state index contributed by atoms with van der Waals surface area (Å²) in [5.74, 6) is 0.542. The predicted molar refractivity (Wildman–Crippen MR) is 155 cm³/mol. The first-order valence-electron chi connectivity index (χ1n) is 15.0. The number of aromatic nitrogens is 3. The molecule has 5 rings (SSSR count). The number of nitrogens with zero attached hydrogens (tertiary/aromatic N) is 5. The second-order valence-electron chi connectivity index (χ2n) is 11.9. The zero-order chi connectivity index (χ0) is 28.1. The third kappa shape index (κ3) is 7.55. The fourth-order valence-electron chi connectivity index (χ4n) is 6.09. The first-order chi connectivity index (χ1) is 19.2. The van der Waals surface area contributed by atoms with Crippen LogP contribution in [0.2, 0.25) is 0 Å². The molecule has 1 aliphatic heterocycles. The third-order valence-corrected chi connectivity index (χ3v) is 8.53. The molecule has 0 spiro atoms. The van der Waals surface area contributed by atoms with Crippen molar-refractivity contribution in [1.82, 2.24) is 24.3 Å². The molecule has 1 unspecified atom stereocenters. The van der Waals surface area contributed by atoms with E-state index in [1.165, 1.54) is 30.4 Å². The van der Waals surface area contributed by atoms with Crippen LogP contribution in [0.3, 0.4) is 0 Å². The molecule has 1 aliphatic carbocycles. The molecular weight excluding hydrogens is 513 g/mol. The molecule has 1 aromatic carbocycles. The highest BCUT2D eigenvalue weighted by atomic mass is 19.4. The van der Waals surface area contributed by atoms with E-state index in [2.05, 4.69) is 62.2 Å². The Morgan fingerprint density at radius 3 is 2.42 bits per heavy atom. The Balaban J connectivity index is 1.33. The first-order valence-corrected chi connectivity index (χ1v) is 15.0. The number of unbranched alkanes of at least 4 members (excludes halogenated alkanes) is 1. The fraction of sp³-hybridized carbons (Fsp3) is 0.613. The summed E-state index contributed by atoms with van der Waals surface area (Å²) in [6.07, 6.45) is 6.71. The van der Waals surface area contributed by atoms with Gasteiger partial charge in [0.1, 0.15) is 5.65 Å². The molecule has 2 aliphatic rings. The molecule has 9 heteroatoms. The lowest BCUT2D eigenvalue weighted by molar-refractivity contribution is -0.135. The minimum Gasteiger partial charge on any atom is -0.352 e. The molecule has 1 atom stereocenters. The highest BCUT2D eigenvalue weighted by Crippen LogP contribution is 2.37. The van der Waals surface area contributed by atoms with Gasteiger partial charge >= 0.3 is 6.18 Å². The summed E-state index contributed by atoms with van der Waals surface area (Å²) in [6, 6.07) is 9.35. The van der Waals surface area contributed by atoms with Gasteiger partial charge in [0, 0.05) is 74.6 Å². The fourth-order valence-corrected chi connectivity index (χ4v) is 6.09. The van der Waals surface area contributed by atoms with E-state index in [1.807, 2.05) is 13.1 Å². The number of fused-ring (bicyclic) bond motifs is 1. The van der Waals surface area contributed by atoms with E-state index in [4.69, 9.17) is 4.98 Å². The standard InChI is InChI=1S/C31H43F3N6/c1-23(8-6-7-15-31(32,33)34)36-30-35-20-27-28(22-40(29(27)37-30)26-9-4-3-5-10-26)25-13-11-24(12-14-25)21-39-18-16-38(2)17-19-39/h11-14,20,22-23,26H,3-10,15-19,21H2,1-2H3,(H,35,36,37). The Hall–Kier alpha value is -2.65. The summed E-state index contributed by atoms with van der Waals surface area (Å²) in [6.45, 7) is 7.40. The monoisotopic (exact) mass is 556 g/mol. The Kier molecular flexibility index (Phi) is 9.31. The Bertz CT molecular complexity index is 1220. The van der Waals surface area contributed by atoms with Gasteiger partial charge in [-0.2, -0.15) is 18.2 Å². The molecule has 0 bridgehead atoms. The highest BCUT2D eigenvalue weighted by Gasteiger charge is 2.26. The zero-order valence-electron chi connectivity index (χ0n) is 23.9. The molecule has 1 N–H and O–H groups in total. The van der Waals surface area contributed by atoms with Gasteiger partial charge in [-0.25, -0.2) is 4.98 Å². The number of alkyl halides is 3. The van der Waals surface area contributed by atoms with Crippen molar-refractivity contribution in [2.45, 2.75) is 89.5 Å². The molecular formula is C31H43F3N6. The summed E-state index contributed by atoms with van der Waals surface area (Å²) in [5.41, 5.74) is 4.59. The van der Waals surface area contributed by atoms with Crippen LogP contribution < -0.4 is 5.32 Å². The molecule has 3 aromatic rings. The topological polar surface area (TPSA) is 49.2 Å². The number of nitrogens with one attached hydrogen (secondary N) is 1. The Morgan fingerprint density at radius 1 is 1.00 bits per heavy atom. The van der Waals surface area contributed by atoms with E-state index in [1.54, 1.807) is 0 Å². The predicted octanol–water partition coefficient (Wildman–Crippen LogP) is 7.27. The van der Waals surface area contributed by atoms with Gasteiger partial charge in [-0.05, 0) is 50.8 Å². The number of rotatable bonds is 10. The summed E-state index contributed by atoms with van der Waals surface area (Å²) in [7, 11) is 2.18. The maximum absolute atomic E-state index is 12.5. The summed E-state index contributed by atoms with van der Waals surface area (Å²) < 4.78 is 39.8. The molecule has 2 fully saturated rings. The quantitative estimate of drug-likeness (QED) is 0.266. The van der Waals surface area contributed by atoms with Crippen molar-refractivity contribution in [2.24, 2.45) is 0 Å². The van der Waals surface area contributed by atoms with Crippen LogP contribution in [0.1, 0.15) is 76.3 Å². The van der Waals surface area contributed by atoms with E-state index in [0.29, 0.717) is 24.8 Å². The van der Waals surface area contributed by atoms with Crippen LogP contribution in [-0.2, 0) is 6.54 Å². The molecule has 0 radical (unpaired) electrons. The van der Waals surface area contributed by atoms with Crippen molar-refractivity contribution in [1.29, 1.82) is 0 Å². The van der Waals surface area contributed by atoms with E-state index in [0.717, 1.165) is 62.2 Å². The lowest BCUT2D eigenvalue weighted by Crippen LogP contribution is -2.43. The SMILES string of the molecule is CC(CCCCC(F)(F)F)Nc1ncc2c(-c3ccc(CN4CCN(C)CC4)cc3)cn(C3CCCCC3)c2n1. The molecule has 1 saturated heterocycles. The van der Waals surface area contributed by atoms with Crippen molar-refractivity contribution < 1.29 is 13.2 Å². The van der Waals surface area contributed by atoms with Gasteiger partial charge in [0.15, 0.2) is 0 Å². The number of piperazine rings is 1. The second kappa shape index (κ2) is 12.9. The first kappa shape index (κ1) is 28.9. The van der Waals surface area contributed by atoms with Gasteiger partial charge < -0.3 is 14.8 Å². The minimum absolute atomic E-state index is 0.00362. The normalized spacial score (nSPS) is 18.8. The van der Waals surface area contributed by atoms with Crippen LogP contribution >= 0.6 is 0 Å². The number of halogens is 3. The Labute approximate surface area is 236 Å². The average Bonchev–Trinajstić information content (AvgIpc) is 3.32. The molecule has 6 nitrogen and oxygen atoms in total. The van der Waals surface area contributed by atoms with Gasteiger partial charge in [0.05, 0.1) is 0 Å². The van der Waals surface area contributed by atoms with Gasteiger partial charge in [-0.15, -0.1) is 0 Å². The van der Waals surface area contributed by atoms with E-state index < -0.39 is 12.6 Å². The van der Waals surface area contributed by atoms with Crippen LogP contribution in [-0.4, -0.2) is 69.8 Å². The highest BCUT2D eigenvalue weighted by molar-refractivity contribution is 5.94. The molecule has 1 saturated carbocycles. The smallest absolute Gasteiger partial charge is 0.352 e. The number of hydrogen-bond donors (Lipinski definition) is 1. The van der Waals surface area contributed by atoms with Crippen LogP contribution in [0, 0.1) is 0 Å². The molecule has 218 valence electrons. The van der Waals surface area contributed by atoms with Crippen molar-refractivity contribution in [3.05, 3.63) is 42.2 Å². The van der Waals surface area contributed by atoms with Crippen molar-refractivity contribution >= 4 is 17.0 Å². The summed E-state index contributed by atoms with van der Waals surface area (Å²) in [5, 5.41) is 4.38. The maximum Gasteiger partial charge on any atom is 0.389 e. The third-order valence-electron chi connectivity index (χ3n) is 8.53. The maximum atomic E-state index is 12.5. The van der Waals surface area contributed by atoms with Crippen LogP contribution in [0.5, 0.6) is 0 Å². The van der Waals surface area contributed by atoms with Gasteiger partial charge in [-0.3, -0.25) is 4.90 Å². The number of hydrogen-bond acceptors (Lipinski definition) is 5. The zero-order valence-corrected chi connectivity index (χ0v) is 23.9. The van der Waals surface area contributed by atoms with Crippen LogP contribution in [0.4, 0.5) is 19.1 Å². The van der Waals surface area contributed by atoms with Crippen molar-refractivity contribution in [3.8, 4) is 11.1 Å². The van der Waals surface area contributed by atoms with Crippen molar-refractivity contribution in [2.75, 3.05) is 38.5 Å². The van der Waals surface area contributed by atoms with Gasteiger partial charge in [-0.1, -0.05) is 49.9 Å². The molecule has 0 amide bonds. The van der Waals surface area contributed by atoms with Crippen LogP contribution in [0.25, 0.3) is 22.2 Å². The lowest BCUT2D eigenvalue weighted by atomic mass is 9.95. The van der Waals surface area contributed by atoms with E-state index in [-0.39, 0.29) is 12.5 Å². The summed E-state index contributed by atoms with van der Waals surface area (Å²) >= 11 is 0. The Morgan fingerprint density at radius 2 is 1.73 bits per heavy atom. The average molecular weight is 557 g/mol. The van der Waals surface area contributed by atoms with E-state index >= 15 is 0 Å². The number of anilines is 1. The molecule has 3 heterocycles. The minimum atomic E-state index is -4.09. The van der Waals surface area contributed by atoms with Gasteiger partial charge in [0.2, 0.25) is 5.95 Å². The number of benzene rings is 1. The lowest BCUT2D eigenvalue weighted by Gasteiger charge is -2.32. The van der Waals surface area contributed by atoms with Gasteiger partial charge in [0.25, 0.3) is 0 Å². The van der Waals surface area contributed by atoms with Crippen LogP contribution in [0.15, 0.2) is 36.7 Å². The largest absolute Gasteiger partial charge is 0.389 e. The summed E-state index contributed by atoms with van der Waals surface area (Å²) in [4.78, 5) is 14.5. The molecule has 2 aromatic heterocycles. The van der Waals surface area contributed by atoms with E-state index in [9.17, 15) is 13.2 Å². The second-order valence-corrected chi connectivity index (χ2v) is 11.9. The number of likely N-dealkylation sites (N-methyl/N-ethyl adjacent to an activating group) is 1. The molecule has 40 heavy (non-hydrogen) atoms.